The SMILES string of the molecule is COc1cc(NC(=O)Cn2nc(SC)c(-c3nc(-c4ccc(Cl)cc4)no3)c2N)cc(OC)c1. The number of nitrogen functional groups attached to an aromatic ring is 1. The summed E-state index contributed by atoms with van der Waals surface area (Å²) in [5, 5.41) is 12.4. The van der Waals surface area contributed by atoms with Gasteiger partial charge in [-0.25, -0.2) is 4.68 Å². The van der Waals surface area contributed by atoms with Crippen molar-refractivity contribution in [3.8, 4) is 34.3 Å². The van der Waals surface area contributed by atoms with Crippen LogP contribution in [0.2, 0.25) is 5.02 Å². The Morgan fingerprint density at radius 2 is 1.85 bits per heavy atom. The quantitative estimate of drug-likeness (QED) is 0.341. The second-order valence-electron chi connectivity index (χ2n) is 7.01. The van der Waals surface area contributed by atoms with Crippen LogP contribution < -0.4 is 20.5 Å². The molecule has 2 aromatic carbocycles. The lowest BCUT2D eigenvalue weighted by atomic mass is 10.2. The summed E-state index contributed by atoms with van der Waals surface area (Å²) in [5.41, 5.74) is 8.06. The molecule has 0 spiro atoms. The summed E-state index contributed by atoms with van der Waals surface area (Å²) >= 11 is 7.30. The van der Waals surface area contributed by atoms with E-state index in [-0.39, 0.29) is 24.2 Å². The van der Waals surface area contributed by atoms with E-state index in [1.165, 1.54) is 30.7 Å². The van der Waals surface area contributed by atoms with E-state index < -0.39 is 0 Å². The molecule has 0 aliphatic carbocycles. The number of ether oxygens (including phenoxy) is 2. The van der Waals surface area contributed by atoms with Crippen molar-refractivity contribution in [2.24, 2.45) is 0 Å². The summed E-state index contributed by atoms with van der Waals surface area (Å²) in [6.45, 7) is -0.128. The zero-order valence-corrected chi connectivity index (χ0v) is 20.1. The molecule has 0 unspecified atom stereocenters. The van der Waals surface area contributed by atoms with Gasteiger partial charge in [-0.1, -0.05) is 16.8 Å². The Bertz CT molecular complexity index is 1300. The summed E-state index contributed by atoms with van der Waals surface area (Å²) in [6.07, 6.45) is 1.84. The molecule has 0 aliphatic heterocycles. The molecule has 0 bridgehead atoms. The van der Waals surface area contributed by atoms with Crippen LogP contribution in [0.3, 0.4) is 0 Å². The van der Waals surface area contributed by atoms with Gasteiger partial charge in [0, 0.05) is 34.5 Å². The fourth-order valence-corrected chi connectivity index (χ4v) is 3.88. The topological polar surface area (TPSA) is 130 Å². The third kappa shape index (κ3) is 4.95. The van der Waals surface area contributed by atoms with Crippen LogP contribution in [0.15, 0.2) is 52.0 Å². The van der Waals surface area contributed by atoms with Crippen LogP contribution in [-0.4, -0.2) is 46.3 Å². The molecular weight excluding hydrogens is 480 g/mol. The first-order valence-electron chi connectivity index (χ1n) is 9.95. The smallest absolute Gasteiger partial charge is 0.264 e. The zero-order valence-electron chi connectivity index (χ0n) is 18.5. The highest BCUT2D eigenvalue weighted by Crippen LogP contribution is 2.35. The van der Waals surface area contributed by atoms with Crippen LogP contribution in [0, 0.1) is 0 Å². The van der Waals surface area contributed by atoms with E-state index in [9.17, 15) is 4.79 Å². The fourth-order valence-electron chi connectivity index (χ4n) is 3.17. The second-order valence-corrected chi connectivity index (χ2v) is 8.24. The van der Waals surface area contributed by atoms with E-state index in [0.29, 0.717) is 38.6 Å². The Morgan fingerprint density at radius 1 is 1.18 bits per heavy atom. The first kappa shape index (κ1) is 23.5. The predicted molar refractivity (Wildman–Crippen MR) is 130 cm³/mol. The summed E-state index contributed by atoms with van der Waals surface area (Å²) < 4.78 is 17.3. The molecule has 4 aromatic rings. The summed E-state index contributed by atoms with van der Waals surface area (Å²) in [6, 6.07) is 12.1. The van der Waals surface area contributed by atoms with Crippen molar-refractivity contribution in [1.82, 2.24) is 19.9 Å². The molecule has 4 rings (SSSR count). The lowest BCUT2D eigenvalue weighted by molar-refractivity contribution is -0.116. The van der Waals surface area contributed by atoms with Crippen LogP contribution in [-0.2, 0) is 11.3 Å². The molecule has 12 heteroatoms. The molecule has 0 fully saturated rings. The molecule has 10 nitrogen and oxygen atoms in total. The number of aromatic nitrogens is 4. The number of hydrogen-bond acceptors (Lipinski definition) is 9. The number of thioether (sulfide) groups is 1. The number of methoxy groups -OCH3 is 2. The van der Waals surface area contributed by atoms with Gasteiger partial charge in [0.1, 0.15) is 34.5 Å². The maximum Gasteiger partial charge on any atom is 0.264 e. The number of carbonyl (C=O) groups excluding carboxylic acids is 1. The minimum Gasteiger partial charge on any atom is -0.497 e. The van der Waals surface area contributed by atoms with Gasteiger partial charge in [0.15, 0.2) is 0 Å². The standard InChI is InChI=1S/C22H21ClN6O4S/c1-31-15-8-14(9-16(10-15)32-2)25-17(30)11-29-19(24)18(22(27-29)34-3)21-26-20(28-33-21)12-4-6-13(23)7-5-12/h4-10H,11,24H2,1-3H3,(H,25,30). The van der Waals surface area contributed by atoms with Gasteiger partial charge < -0.3 is 25.0 Å². The number of anilines is 2. The molecule has 0 radical (unpaired) electrons. The lowest BCUT2D eigenvalue weighted by Gasteiger charge is -2.10. The Kier molecular flexibility index (Phi) is 6.94. The highest BCUT2D eigenvalue weighted by molar-refractivity contribution is 7.98. The molecule has 2 aromatic heterocycles. The lowest BCUT2D eigenvalue weighted by Crippen LogP contribution is -2.20. The molecule has 1 amide bonds. The number of carbonyl (C=O) groups is 1. The zero-order chi connectivity index (χ0) is 24.2. The van der Waals surface area contributed by atoms with Crippen LogP contribution >= 0.6 is 23.4 Å². The maximum absolute atomic E-state index is 12.7. The highest BCUT2D eigenvalue weighted by Gasteiger charge is 2.24. The van der Waals surface area contributed by atoms with Crippen molar-refractivity contribution in [2.75, 3.05) is 31.5 Å². The first-order chi connectivity index (χ1) is 16.4. The number of amides is 1. The molecule has 0 atom stereocenters. The number of nitrogens with zero attached hydrogens (tertiary/aromatic N) is 4. The second kappa shape index (κ2) is 10.1. The predicted octanol–water partition coefficient (Wildman–Crippen LogP) is 4.21. The molecule has 3 N–H and O–H groups in total. The van der Waals surface area contributed by atoms with Crippen molar-refractivity contribution in [3.63, 3.8) is 0 Å². The van der Waals surface area contributed by atoms with Crippen molar-refractivity contribution in [2.45, 2.75) is 11.6 Å². The van der Waals surface area contributed by atoms with Gasteiger partial charge in [-0.15, -0.1) is 11.8 Å². The van der Waals surface area contributed by atoms with Gasteiger partial charge in [-0.2, -0.15) is 10.1 Å². The van der Waals surface area contributed by atoms with Crippen LogP contribution in [0.4, 0.5) is 11.5 Å². The Hall–Kier alpha value is -3.70. The number of hydrogen-bond donors (Lipinski definition) is 2. The number of nitrogens with two attached hydrogens (primary N) is 1. The Labute approximate surface area is 204 Å². The molecule has 0 saturated heterocycles. The van der Waals surface area contributed by atoms with E-state index in [1.807, 2.05) is 6.26 Å². The van der Waals surface area contributed by atoms with E-state index in [1.54, 1.807) is 42.5 Å². The van der Waals surface area contributed by atoms with E-state index in [2.05, 4.69) is 20.6 Å². The van der Waals surface area contributed by atoms with E-state index in [4.69, 9.17) is 31.3 Å². The molecular formula is C22H21ClN6O4S. The third-order valence-corrected chi connectivity index (χ3v) is 5.75. The molecule has 176 valence electrons. The normalized spacial score (nSPS) is 10.8. The summed E-state index contributed by atoms with van der Waals surface area (Å²) in [7, 11) is 3.07. The largest absolute Gasteiger partial charge is 0.497 e. The van der Waals surface area contributed by atoms with Crippen LogP contribution in [0.5, 0.6) is 11.5 Å². The van der Waals surface area contributed by atoms with Crippen molar-refractivity contribution < 1.29 is 18.8 Å². The average molecular weight is 501 g/mol. The number of nitrogens with one attached hydrogen (secondary N) is 1. The molecule has 0 aliphatic rings. The average Bonchev–Trinajstić information content (AvgIpc) is 3.43. The van der Waals surface area contributed by atoms with Gasteiger partial charge in [-0.05, 0) is 30.5 Å². The first-order valence-corrected chi connectivity index (χ1v) is 11.5. The molecule has 0 saturated carbocycles. The molecule has 34 heavy (non-hydrogen) atoms. The number of rotatable bonds is 8. The van der Waals surface area contributed by atoms with E-state index in [0.717, 1.165) is 5.56 Å². The maximum atomic E-state index is 12.7. The Balaban J connectivity index is 1.57. The van der Waals surface area contributed by atoms with Gasteiger partial charge in [0.05, 0.1) is 14.2 Å². The van der Waals surface area contributed by atoms with Gasteiger partial charge in [0.25, 0.3) is 5.89 Å². The fraction of sp³-hybridized carbons (Fsp3) is 0.182. The minimum atomic E-state index is -0.337. The van der Waals surface area contributed by atoms with Gasteiger partial charge >= 0.3 is 0 Å². The number of halogens is 1. The monoisotopic (exact) mass is 500 g/mol. The minimum absolute atomic E-state index is 0.128. The van der Waals surface area contributed by atoms with Crippen molar-refractivity contribution in [1.29, 1.82) is 0 Å². The highest BCUT2D eigenvalue weighted by atomic mass is 35.5. The molecule has 2 heterocycles. The van der Waals surface area contributed by atoms with Crippen LogP contribution in [0.25, 0.3) is 22.8 Å². The summed E-state index contributed by atoms with van der Waals surface area (Å²) in [4.78, 5) is 17.2. The van der Waals surface area contributed by atoms with Crippen molar-refractivity contribution >= 4 is 40.8 Å². The summed E-state index contributed by atoms with van der Waals surface area (Å²) in [5.74, 6) is 1.58. The van der Waals surface area contributed by atoms with E-state index >= 15 is 0 Å². The third-order valence-electron chi connectivity index (χ3n) is 4.82. The number of benzene rings is 2. The van der Waals surface area contributed by atoms with Crippen LogP contribution in [0.1, 0.15) is 0 Å². The van der Waals surface area contributed by atoms with Gasteiger partial charge in [0.2, 0.25) is 11.7 Å². The Morgan fingerprint density at radius 3 is 2.47 bits per heavy atom. The van der Waals surface area contributed by atoms with Crippen molar-refractivity contribution in [3.05, 3.63) is 47.5 Å². The van der Waals surface area contributed by atoms with Gasteiger partial charge in [-0.3, -0.25) is 4.79 Å².